The Balaban J connectivity index is 1.62. The Hall–Kier alpha value is -3.10. The Morgan fingerprint density at radius 3 is 2.48 bits per heavy atom. The minimum Gasteiger partial charge on any atom is -0.444 e. The number of hydrogen-bond acceptors (Lipinski definition) is 5. The molecule has 31 heavy (non-hydrogen) atoms. The Bertz CT molecular complexity index is 1090. The number of H-pyrrole nitrogens is 1. The first kappa shape index (κ1) is 22.6. The van der Waals surface area contributed by atoms with Crippen LogP contribution in [0.3, 0.4) is 0 Å². The predicted octanol–water partition coefficient (Wildman–Crippen LogP) is 2.09. The number of rotatable bonds is 4. The highest BCUT2D eigenvalue weighted by molar-refractivity contribution is 5.97. The quantitative estimate of drug-likeness (QED) is 0.771. The number of alkyl carbamates (subject to hydrolysis) is 1. The molecule has 1 aliphatic heterocycles. The van der Waals surface area contributed by atoms with Crippen molar-refractivity contribution in [2.24, 2.45) is 5.92 Å². The number of aromatic nitrogens is 2. The van der Waals surface area contributed by atoms with E-state index in [1.807, 2.05) is 20.8 Å². The molecule has 1 fully saturated rings. The lowest BCUT2D eigenvalue weighted by Crippen LogP contribution is -2.42. The van der Waals surface area contributed by atoms with Gasteiger partial charge >= 0.3 is 11.8 Å². The number of piperidine rings is 1. The van der Waals surface area contributed by atoms with E-state index in [4.69, 9.17) is 4.74 Å². The van der Waals surface area contributed by atoms with Crippen LogP contribution in [0.5, 0.6) is 0 Å². The average molecular weight is 431 g/mol. The van der Waals surface area contributed by atoms with Gasteiger partial charge in [0.2, 0.25) is 0 Å². The van der Waals surface area contributed by atoms with Crippen LogP contribution in [0.2, 0.25) is 0 Å². The van der Waals surface area contributed by atoms with E-state index in [1.54, 1.807) is 30.0 Å². The zero-order chi connectivity index (χ0) is 22.8. The molecule has 0 aliphatic carbocycles. The lowest BCUT2D eigenvalue weighted by Gasteiger charge is -2.32. The second-order valence-electron chi connectivity index (χ2n) is 8.86. The molecule has 2 heterocycles. The first-order valence-electron chi connectivity index (χ1n) is 10.6. The van der Waals surface area contributed by atoms with Gasteiger partial charge in [-0.1, -0.05) is 0 Å². The van der Waals surface area contributed by atoms with Crippen LogP contribution in [0.25, 0.3) is 10.9 Å². The largest absolute Gasteiger partial charge is 0.444 e. The molecule has 0 radical (unpaired) electrons. The lowest BCUT2D eigenvalue weighted by atomic mass is 9.96. The average Bonchev–Trinajstić information content (AvgIpc) is 2.71. The van der Waals surface area contributed by atoms with Gasteiger partial charge in [0.05, 0.1) is 10.9 Å². The molecule has 168 valence electrons. The Labute approximate surface area is 180 Å². The van der Waals surface area contributed by atoms with Gasteiger partial charge in [-0.2, -0.15) is 0 Å². The maximum Gasteiger partial charge on any atom is 0.407 e. The summed E-state index contributed by atoms with van der Waals surface area (Å²) in [6, 6.07) is 4.78. The van der Waals surface area contributed by atoms with Crippen molar-refractivity contribution in [2.45, 2.75) is 52.7 Å². The molecule has 0 unspecified atom stereocenters. The normalized spacial score (nSPS) is 15.2. The predicted molar refractivity (Wildman–Crippen MR) is 117 cm³/mol. The molecule has 2 amide bonds. The van der Waals surface area contributed by atoms with Gasteiger partial charge in [-0.3, -0.25) is 14.2 Å². The van der Waals surface area contributed by atoms with Crippen molar-refractivity contribution in [3.63, 3.8) is 0 Å². The summed E-state index contributed by atoms with van der Waals surface area (Å²) in [4.78, 5) is 53.6. The highest BCUT2D eigenvalue weighted by Gasteiger charge is 2.25. The third-order valence-electron chi connectivity index (χ3n) is 5.38. The van der Waals surface area contributed by atoms with Crippen molar-refractivity contribution in [1.82, 2.24) is 19.8 Å². The number of carbonyl (C=O) groups is 2. The Kier molecular flexibility index (Phi) is 6.52. The summed E-state index contributed by atoms with van der Waals surface area (Å²) in [6.45, 7) is 9.12. The summed E-state index contributed by atoms with van der Waals surface area (Å²) in [5.74, 6) is 0.137. The number of likely N-dealkylation sites (tertiary alicyclic amines) is 1. The molecule has 1 saturated heterocycles. The second-order valence-corrected chi connectivity index (χ2v) is 8.86. The molecule has 0 spiro atoms. The molecule has 9 heteroatoms. The van der Waals surface area contributed by atoms with E-state index in [-0.39, 0.29) is 23.9 Å². The number of aromatic amines is 1. The highest BCUT2D eigenvalue weighted by atomic mass is 16.6. The van der Waals surface area contributed by atoms with Crippen molar-refractivity contribution >= 4 is 22.9 Å². The first-order valence-corrected chi connectivity index (χ1v) is 10.6. The van der Waals surface area contributed by atoms with Crippen molar-refractivity contribution in [1.29, 1.82) is 0 Å². The number of carbonyl (C=O) groups excluding carboxylic acids is 2. The van der Waals surface area contributed by atoms with E-state index >= 15 is 0 Å². The van der Waals surface area contributed by atoms with Gasteiger partial charge in [-0.25, -0.2) is 9.59 Å². The Morgan fingerprint density at radius 2 is 1.87 bits per heavy atom. The fraction of sp³-hybridized carbons (Fsp3) is 0.545. The van der Waals surface area contributed by atoms with Gasteiger partial charge in [0.15, 0.2) is 0 Å². The number of nitrogens with zero attached hydrogens (tertiary/aromatic N) is 2. The number of benzene rings is 1. The van der Waals surface area contributed by atoms with Crippen LogP contribution in [0.1, 0.15) is 50.9 Å². The molecule has 0 saturated carbocycles. The fourth-order valence-corrected chi connectivity index (χ4v) is 3.74. The number of nitrogens with one attached hydrogen (secondary N) is 2. The van der Waals surface area contributed by atoms with Crippen LogP contribution in [-0.2, 0) is 11.3 Å². The summed E-state index contributed by atoms with van der Waals surface area (Å²) in [7, 11) is 0. The molecular weight excluding hydrogens is 400 g/mol. The second kappa shape index (κ2) is 8.95. The smallest absolute Gasteiger partial charge is 0.407 e. The molecule has 1 aromatic heterocycles. The zero-order valence-electron chi connectivity index (χ0n) is 18.5. The molecule has 0 atom stereocenters. The standard InChI is InChI=1S/C22H30N4O5/c1-5-26-19(28)16-7-6-15(12-17(16)24-20(26)29)18(27)25-10-8-14(9-11-25)13-23-21(30)31-22(2,3)4/h6-7,12,14H,5,8-11,13H2,1-4H3,(H,23,30)(H,24,29). The fourth-order valence-electron chi connectivity index (χ4n) is 3.74. The van der Waals surface area contributed by atoms with E-state index in [0.29, 0.717) is 36.1 Å². The molecule has 2 N–H and O–H groups in total. The molecule has 9 nitrogen and oxygen atoms in total. The number of ether oxygens (including phenoxy) is 1. The minimum atomic E-state index is -0.534. The Morgan fingerprint density at radius 1 is 1.19 bits per heavy atom. The topological polar surface area (TPSA) is 114 Å². The van der Waals surface area contributed by atoms with Crippen LogP contribution in [0.15, 0.2) is 27.8 Å². The van der Waals surface area contributed by atoms with Crippen molar-refractivity contribution in [3.8, 4) is 0 Å². The van der Waals surface area contributed by atoms with E-state index in [9.17, 15) is 19.2 Å². The van der Waals surface area contributed by atoms with Crippen molar-refractivity contribution in [3.05, 3.63) is 44.6 Å². The third-order valence-corrected chi connectivity index (χ3v) is 5.38. The van der Waals surface area contributed by atoms with Crippen LogP contribution in [-0.4, -0.2) is 51.7 Å². The number of fused-ring (bicyclic) bond motifs is 1. The summed E-state index contributed by atoms with van der Waals surface area (Å²) < 4.78 is 6.37. The molecule has 1 aromatic carbocycles. The van der Waals surface area contributed by atoms with E-state index in [0.717, 1.165) is 17.4 Å². The molecule has 3 rings (SSSR count). The van der Waals surface area contributed by atoms with Gasteiger partial charge in [-0.05, 0) is 64.7 Å². The maximum absolute atomic E-state index is 12.9. The molecular formula is C22H30N4O5. The van der Waals surface area contributed by atoms with Crippen LogP contribution >= 0.6 is 0 Å². The summed E-state index contributed by atoms with van der Waals surface area (Å²) in [5.41, 5.74) is -0.584. The van der Waals surface area contributed by atoms with Gasteiger partial charge in [0.1, 0.15) is 5.60 Å². The van der Waals surface area contributed by atoms with E-state index < -0.39 is 17.4 Å². The van der Waals surface area contributed by atoms with Crippen molar-refractivity contribution < 1.29 is 14.3 Å². The summed E-state index contributed by atoms with van der Waals surface area (Å²) in [5, 5.41) is 3.17. The van der Waals surface area contributed by atoms with Crippen molar-refractivity contribution in [2.75, 3.05) is 19.6 Å². The zero-order valence-corrected chi connectivity index (χ0v) is 18.5. The summed E-state index contributed by atoms with van der Waals surface area (Å²) >= 11 is 0. The monoisotopic (exact) mass is 430 g/mol. The van der Waals surface area contributed by atoms with Crippen LogP contribution in [0, 0.1) is 5.92 Å². The molecule has 1 aliphatic rings. The van der Waals surface area contributed by atoms with E-state index in [1.165, 1.54) is 0 Å². The van der Waals surface area contributed by atoms with Crippen LogP contribution < -0.4 is 16.6 Å². The lowest BCUT2D eigenvalue weighted by molar-refractivity contribution is 0.0500. The third kappa shape index (κ3) is 5.34. The van der Waals surface area contributed by atoms with Gasteiger partial charge in [-0.15, -0.1) is 0 Å². The molecule has 2 aromatic rings. The summed E-state index contributed by atoms with van der Waals surface area (Å²) in [6.07, 6.45) is 1.11. The number of hydrogen-bond donors (Lipinski definition) is 2. The highest BCUT2D eigenvalue weighted by Crippen LogP contribution is 2.20. The SMILES string of the molecule is CCn1c(=O)[nH]c2cc(C(=O)N3CCC(CNC(=O)OC(C)(C)C)CC3)ccc2c1=O. The number of amides is 2. The van der Waals surface area contributed by atoms with Gasteiger partial charge in [0, 0.05) is 31.7 Å². The molecule has 0 bridgehead atoms. The maximum atomic E-state index is 12.9. The minimum absolute atomic E-state index is 0.138. The van der Waals surface area contributed by atoms with Gasteiger partial charge in [0.25, 0.3) is 11.5 Å². The van der Waals surface area contributed by atoms with E-state index in [2.05, 4.69) is 10.3 Å². The van der Waals surface area contributed by atoms with Crippen LogP contribution in [0.4, 0.5) is 4.79 Å². The van der Waals surface area contributed by atoms with Gasteiger partial charge < -0.3 is 19.9 Å². The first-order chi connectivity index (χ1) is 14.6.